The molecule has 2 atom stereocenters. The van der Waals surface area contributed by atoms with Crippen molar-refractivity contribution < 1.29 is 24.2 Å². The number of carboxylic acid groups (broad SMARTS) is 1. The number of hydrogen-bond donors (Lipinski definition) is 1. The van der Waals surface area contributed by atoms with Crippen LogP contribution in [0.3, 0.4) is 0 Å². The smallest absolute Gasteiger partial charge is 0.308 e. The van der Waals surface area contributed by atoms with E-state index in [2.05, 4.69) is 0 Å². The van der Waals surface area contributed by atoms with E-state index in [4.69, 9.17) is 14.6 Å². The van der Waals surface area contributed by atoms with Gasteiger partial charge in [0.05, 0.1) is 18.6 Å². The number of hydrogen-bond acceptors (Lipinski definition) is 4. The third kappa shape index (κ3) is 3.33. The van der Waals surface area contributed by atoms with Gasteiger partial charge >= 0.3 is 11.9 Å². The van der Waals surface area contributed by atoms with Gasteiger partial charge < -0.3 is 14.6 Å². The van der Waals surface area contributed by atoms with E-state index in [-0.39, 0.29) is 25.3 Å². The van der Waals surface area contributed by atoms with Crippen molar-refractivity contribution in [2.24, 2.45) is 5.92 Å². The number of aliphatic carboxylic acids is 1. The molecule has 2 unspecified atom stereocenters. The van der Waals surface area contributed by atoms with Crippen LogP contribution in [0.1, 0.15) is 19.8 Å². The first-order chi connectivity index (χ1) is 6.59. The lowest BCUT2D eigenvalue weighted by molar-refractivity contribution is -0.155. The van der Waals surface area contributed by atoms with Crippen molar-refractivity contribution in [2.75, 3.05) is 13.2 Å². The Morgan fingerprint density at radius 1 is 1.50 bits per heavy atom. The van der Waals surface area contributed by atoms with Gasteiger partial charge in [-0.3, -0.25) is 9.59 Å². The van der Waals surface area contributed by atoms with Crippen LogP contribution in [0.25, 0.3) is 0 Å². The standard InChI is InChI=1S/C9H14O5/c1-6(10)13-5-8-3-2-7(4-14-8)9(11)12/h7-8H,2-5H2,1H3,(H,11,12). The summed E-state index contributed by atoms with van der Waals surface area (Å²) < 4.78 is 10.0. The Bertz CT molecular complexity index is 217. The topological polar surface area (TPSA) is 72.8 Å². The molecule has 14 heavy (non-hydrogen) atoms. The summed E-state index contributed by atoms with van der Waals surface area (Å²) in [5.74, 6) is -1.58. The van der Waals surface area contributed by atoms with Crippen LogP contribution in [-0.2, 0) is 19.1 Å². The van der Waals surface area contributed by atoms with E-state index in [1.54, 1.807) is 0 Å². The minimum absolute atomic E-state index is 0.144. The fourth-order valence-electron chi connectivity index (χ4n) is 1.34. The van der Waals surface area contributed by atoms with Crippen molar-refractivity contribution in [3.05, 3.63) is 0 Å². The quantitative estimate of drug-likeness (QED) is 0.672. The third-order valence-electron chi connectivity index (χ3n) is 2.19. The molecule has 0 saturated carbocycles. The highest BCUT2D eigenvalue weighted by Gasteiger charge is 2.26. The fourth-order valence-corrected chi connectivity index (χ4v) is 1.34. The third-order valence-corrected chi connectivity index (χ3v) is 2.19. The first-order valence-corrected chi connectivity index (χ1v) is 4.57. The molecule has 0 aliphatic carbocycles. The van der Waals surface area contributed by atoms with Crippen LogP contribution in [0.15, 0.2) is 0 Å². The molecule has 1 heterocycles. The first-order valence-electron chi connectivity index (χ1n) is 4.57. The van der Waals surface area contributed by atoms with Crippen LogP contribution < -0.4 is 0 Å². The molecular formula is C9H14O5. The van der Waals surface area contributed by atoms with E-state index in [0.29, 0.717) is 12.8 Å². The molecule has 1 fully saturated rings. The molecular weight excluding hydrogens is 188 g/mol. The van der Waals surface area contributed by atoms with Gasteiger partial charge in [-0.25, -0.2) is 0 Å². The van der Waals surface area contributed by atoms with Crippen LogP contribution in [0.4, 0.5) is 0 Å². The fraction of sp³-hybridized carbons (Fsp3) is 0.778. The Labute approximate surface area is 82.0 Å². The predicted octanol–water partition coefficient (Wildman–Crippen LogP) is 0.429. The summed E-state index contributed by atoms with van der Waals surface area (Å²) in [5.41, 5.74) is 0. The number of carbonyl (C=O) groups is 2. The predicted molar refractivity (Wildman–Crippen MR) is 46.7 cm³/mol. The van der Waals surface area contributed by atoms with Crippen LogP contribution in [0.5, 0.6) is 0 Å². The van der Waals surface area contributed by atoms with Crippen LogP contribution in [0, 0.1) is 5.92 Å². The van der Waals surface area contributed by atoms with Crippen LogP contribution in [-0.4, -0.2) is 36.4 Å². The zero-order valence-corrected chi connectivity index (χ0v) is 8.06. The number of carbonyl (C=O) groups excluding carboxylic acids is 1. The Hall–Kier alpha value is -1.10. The average molecular weight is 202 g/mol. The van der Waals surface area contributed by atoms with Gasteiger partial charge in [-0.05, 0) is 12.8 Å². The molecule has 0 bridgehead atoms. The second-order valence-corrected chi connectivity index (χ2v) is 3.37. The number of carboxylic acids is 1. The Balaban J connectivity index is 2.22. The highest BCUT2D eigenvalue weighted by molar-refractivity contribution is 5.70. The zero-order chi connectivity index (χ0) is 10.6. The molecule has 1 saturated heterocycles. The maximum absolute atomic E-state index is 10.6. The lowest BCUT2D eigenvalue weighted by Crippen LogP contribution is -2.33. The number of ether oxygens (including phenoxy) is 2. The van der Waals surface area contributed by atoms with E-state index in [0.717, 1.165) is 0 Å². The summed E-state index contributed by atoms with van der Waals surface area (Å²) in [6.45, 7) is 1.77. The van der Waals surface area contributed by atoms with E-state index in [1.165, 1.54) is 6.92 Å². The molecule has 0 aromatic heterocycles. The highest BCUT2D eigenvalue weighted by Crippen LogP contribution is 2.19. The van der Waals surface area contributed by atoms with Gasteiger partial charge in [0.15, 0.2) is 0 Å². The van der Waals surface area contributed by atoms with Crippen molar-refractivity contribution in [2.45, 2.75) is 25.9 Å². The summed E-state index contributed by atoms with van der Waals surface area (Å²) in [6, 6.07) is 0. The van der Waals surface area contributed by atoms with Crippen molar-refractivity contribution in [3.8, 4) is 0 Å². The minimum atomic E-state index is -0.823. The molecule has 5 nitrogen and oxygen atoms in total. The molecule has 1 N–H and O–H groups in total. The summed E-state index contributed by atoms with van der Waals surface area (Å²) in [4.78, 5) is 21.0. The average Bonchev–Trinajstić information content (AvgIpc) is 2.15. The minimum Gasteiger partial charge on any atom is -0.481 e. The first kappa shape index (κ1) is 11.0. The summed E-state index contributed by atoms with van der Waals surface area (Å²) >= 11 is 0. The summed E-state index contributed by atoms with van der Waals surface area (Å²) in [5, 5.41) is 8.68. The molecule has 80 valence electrons. The molecule has 1 aliphatic rings. The molecule has 5 heteroatoms. The largest absolute Gasteiger partial charge is 0.481 e. The summed E-state index contributed by atoms with van der Waals surface area (Å²) in [6.07, 6.45) is 1.07. The van der Waals surface area contributed by atoms with Crippen molar-refractivity contribution >= 4 is 11.9 Å². The highest BCUT2D eigenvalue weighted by atomic mass is 16.6. The molecule has 0 spiro atoms. The molecule has 1 aliphatic heterocycles. The van der Waals surface area contributed by atoms with E-state index in [9.17, 15) is 9.59 Å². The van der Waals surface area contributed by atoms with Gasteiger partial charge in [0.25, 0.3) is 0 Å². The molecule has 0 amide bonds. The van der Waals surface area contributed by atoms with E-state index in [1.807, 2.05) is 0 Å². The summed E-state index contributed by atoms with van der Waals surface area (Å²) in [7, 11) is 0. The van der Waals surface area contributed by atoms with Crippen LogP contribution >= 0.6 is 0 Å². The van der Waals surface area contributed by atoms with Gasteiger partial charge in [-0.2, -0.15) is 0 Å². The van der Waals surface area contributed by atoms with Gasteiger partial charge in [0, 0.05) is 6.92 Å². The Morgan fingerprint density at radius 2 is 2.21 bits per heavy atom. The van der Waals surface area contributed by atoms with Gasteiger partial charge in [-0.15, -0.1) is 0 Å². The Kier molecular flexibility index (Phi) is 3.88. The van der Waals surface area contributed by atoms with Crippen molar-refractivity contribution in [1.82, 2.24) is 0 Å². The van der Waals surface area contributed by atoms with E-state index >= 15 is 0 Å². The van der Waals surface area contributed by atoms with E-state index < -0.39 is 11.9 Å². The molecule has 0 radical (unpaired) electrons. The number of esters is 1. The maximum Gasteiger partial charge on any atom is 0.308 e. The van der Waals surface area contributed by atoms with Crippen LogP contribution in [0.2, 0.25) is 0 Å². The second kappa shape index (κ2) is 4.95. The lowest BCUT2D eigenvalue weighted by atomic mass is 9.99. The monoisotopic (exact) mass is 202 g/mol. The van der Waals surface area contributed by atoms with Gasteiger partial charge in [0.2, 0.25) is 0 Å². The molecule has 0 aromatic rings. The molecule has 0 aromatic carbocycles. The normalized spacial score (nSPS) is 26.9. The number of rotatable bonds is 3. The maximum atomic E-state index is 10.6. The SMILES string of the molecule is CC(=O)OCC1CCC(C(=O)O)CO1. The second-order valence-electron chi connectivity index (χ2n) is 3.37. The van der Waals surface area contributed by atoms with Gasteiger partial charge in [0.1, 0.15) is 6.61 Å². The molecule has 1 rings (SSSR count). The Morgan fingerprint density at radius 3 is 2.64 bits per heavy atom. The van der Waals surface area contributed by atoms with Gasteiger partial charge in [-0.1, -0.05) is 0 Å². The van der Waals surface area contributed by atoms with Crippen molar-refractivity contribution in [3.63, 3.8) is 0 Å². The zero-order valence-electron chi connectivity index (χ0n) is 8.06. The van der Waals surface area contributed by atoms with Crippen molar-refractivity contribution in [1.29, 1.82) is 0 Å². The lowest BCUT2D eigenvalue weighted by Gasteiger charge is -2.26.